The predicted molar refractivity (Wildman–Crippen MR) is 75.3 cm³/mol. The molecule has 0 spiro atoms. The van der Waals surface area contributed by atoms with E-state index >= 15 is 0 Å². The van der Waals surface area contributed by atoms with Gasteiger partial charge in [-0.15, -0.1) is 0 Å². The number of rotatable bonds is 2. The zero-order chi connectivity index (χ0) is 13.3. The molecule has 0 saturated carbocycles. The largest absolute Gasteiger partial charge is 0.306 e. The van der Waals surface area contributed by atoms with Gasteiger partial charge in [0.15, 0.2) is 0 Å². The number of halogens is 3. The Bertz CT molecular complexity index is 438. The van der Waals surface area contributed by atoms with E-state index in [1.807, 2.05) is 20.0 Å². The fraction of sp³-hybridized carbons (Fsp3) is 0.571. The van der Waals surface area contributed by atoms with Crippen molar-refractivity contribution in [1.29, 1.82) is 0 Å². The summed E-state index contributed by atoms with van der Waals surface area (Å²) in [6.45, 7) is 3.59. The van der Waals surface area contributed by atoms with Crippen LogP contribution in [0.4, 0.5) is 4.39 Å². The van der Waals surface area contributed by atoms with E-state index in [9.17, 15) is 4.39 Å². The number of hydrogen-bond donors (Lipinski definition) is 0. The Kier molecular flexibility index (Phi) is 4.20. The Labute approximate surface area is 118 Å². The Hall–Kier alpha value is -0.310. The molecule has 2 atom stereocenters. The van der Waals surface area contributed by atoms with Crippen LogP contribution < -0.4 is 0 Å². The van der Waals surface area contributed by atoms with Crippen molar-refractivity contribution in [2.75, 3.05) is 20.1 Å². The first kappa shape index (κ1) is 14.1. The zero-order valence-electron chi connectivity index (χ0n) is 10.7. The van der Waals surface area contributed by atoms with Gasteiger partial charge >= 0.3 is 0 Å². The fourth-order valence-corrected chi connectivity index (χ4v) is 2.92. The lowest BCUT2D eigenvalue weighted by Crippen LogP contribution is -2.48. The number of hydrogen-bond acceptors (Lipinski definition) is 1. The molecular formula is C14H18Cl2FN. The summed E-state index contributed by atoms with van der Waals surface area (Å²) in [6, 6.07) is 5.37. The minimum atomic E-state index is -1.14. The van der Waals surface area contributed by atoms with Crippen molar-refractivity contribution in [3.05, 3.63) is 33.8 Å². The van der Waals surface area contributed by atoms with E-state index in [1.165, 1.54) is 0 Å². The molecule has 1 aliphatic rings. The molecule has 1 fully saturated rings. The van der Waals surface area contributed by atoms with Gasteiger partial charge in [0.2, 0.25) is 0 Å². The molecule has 4 heteroatoms. The number of nitrogens with zero attached hydrogens (tertiary/aromatic N) is 1. The second-order valence-corrected chi connectivity index (χ2v) is 6.19. The summed E-state index contributed by atoms with van der Waals surface area (Å²) in [5.74, 6) is 0.0331. The van der Waals surface area contributed by atoms with Crippen molar-refractivity contribution >= 4 is 23.2 Å². The topological polar surface area (TPSA) is 3.24 Å². The molecule has 0 radical (unpaired) electrons. The second kappa shape index (κ2) is 5.36. The fourth-order valence-electron chi connectivity index (χ4n) is 2.60. The van der Waals surface area contributed by atoms with E-state index in [2.05, 4.69) is 4.90 Å². The van der Waals surface area contributed by atoms with Gasteiger partial charge in [0.05, 0.1) is 10.0 Å². The van der Waals surface area contributed by atoms with Gasteiger partial charge in [0.1, 0.15) is 5.67 Å². The average molecular weight is 290 g/mol. The number of likely N-dealkylation sites (tertiary alicyclic amines) is 1. The summed E-state index contributed by atoms with van der Waals surface area (Å²) in [6.07, 6.45) is 0.990. The molecule has 0 aromatic heterocycles. The van der Waals surface area contributed by atoms with E-state index in [4.69, 9.17) is 23.2 Å². The van der Waals surface area contributed by atoms with Gasteiger partial charge in [0, 0.05) is 25.4 Å². The average Bonchev–Trinajstić information content (AvgIpc) is 2.30. The van der Waals surface area contributed by atoms with Gasteiger partial charge in [-0.2, -0.15) is 0 Å². The maximum Gasteiger partial charge on any atom is 0.120 e. The molecule has 0 N–H and O–H groups in total. The highest BCUT2D eigenvalue weighted by Crippen LogP contribution is 2.35. The van der Waals surface area contributed by atoms with Gasteiger partial charge in [0.25, 0.3) is 0 Å². The first-order valence-electron chi connectivity index (χ1n) is 6.22. The second-order valence-electron chi connectivity index (χ2n) is 5.37. The van der Waals surface area contributed by atoms with E-state index in [1.54, 1.807) is 12.1 Å². The molecule has 2 unspecified atom stereocenters. The van der Waals surface area contributed by atoms with Crippen LogP contribution in [0.2, 0.25) is 10.0 Å². The first-order valence-corrected chi connectivity index (χ1v) is 6.98. The van der Waals surface area contributed by atoms with Crippen molar-refractivity contribution in [3.63, 3.8) is 0 Å². The monoisotopic (exact) mass is 289 g/mol. The maximum atomic E-state index is 15.0. The minimum Gasteiger partial charge on any atom is -0.306 e. The molecule has 1 aliphatic heterocycles. The molecule has 1 saturated heterocycles. The Morgan fingerprint density at radius 2 is 2.11 bits per heavy atom. The normalized spacial score (nSPS) is 29.5. The lowest BCUT2D eigenvalue weighted by molar-refractivity contribution is 0.0149. The highest BCUT2D eigenvalue weighted by molar-refractivity contribution is 6.42. The molecule has 1 nitrogen and oxygen atoms in total. The van der Waals surface area contributed by atoms with Crippen molar-refractivity contribution in [2.24, 2.45) is 5.92 Å². The van der Waals surface area contributed by atoms with E-state index in [-0.39, 0.29) is 5.92 Å². The Morgan fingerprint density at radius 3 is 2.72 bits per heavy atom. The molecule has 1 heterocycles. The molecule has 100 valence electrons. The molecule has 0 aliphatic carbocycles. The van der Waals surface area contributed by atoms with Crippen LogP contribution in [0.5, 0.6) is 0 Å². The molecule has 0 bridgehead atoms. The van der Waals surface area contributed by atoms with Crippen molar-refractivity contribution < 1.29 is 4.39 Å². The third-order valence-electron chi connectivity index (χ3n) is 3.86. The van der Waals surface area contributed by atoms with Gasteiger partial charge in [-0.05, 0) is 31.2 Å². The Morgan fingerprint density at radius 1 is 1.39 bits per heavy atom. The van der Waals surface area contributed by atoms with Gasteiger partial charge < -0.3 is 4.90 Å². The lowest BCUT2D eigenvalue weighted by atomic mass is 9.79. The third-order valence-corrected chi connectivity index (χ3v) is 4.60. The minimum absolute atomic E-state index is 0.0331. The molecule has 1 aromatic carbocycles. The summed E-state index contributed by atoms with van der Waals surface area (Å²) in [5.41, 5.74) is -0.216. The molecular weight excluding hydrogens is 272 g/mol. The predicted octanol–water partition coefficient (Wildman–Crippen LogP) is 4.22. The highest BCUT2D eigenvalue weighted by atomic mass is 35.5. The number of piperidine rings is 1. The van der Waals surface area contributed by atoms with Crippen molar-refractivity contribution in [3.8, 4) is 0 Å². The van der Waals surface area contributed by atoms with E-state index < -0.39 is 5.67 Å². The van der Waals surface area contributed by atoms with Crippen LogP contribution in [0, 0.1) is 5.92 Å². The molecule has 1 aromatic rings. The number of alkyl halides is 1. The van der Waals surface area contributed by atoms with Crippen LogP contribution in [-0.2, 0) is 6.42 Å². The van der Waals surface area contributed by atoms with Crippen LogP contribution >= 0.6 is 23.2 Å². The van der Waals surface area contributed by atoms with Gasteiger partial charge in [-0.3, -0.25) is 0 Å². The number of benzene rings is 1. The molecule has 2 rings (SSSR count). The maximum absolute atomic E-state index is 15.0. The Balaban J connectivity index is 2.14. The summed E-state index contributed by atoms with van der Waals surface area (Å²) in [5, 5.41) is 1.02. The SMILES string of the molecule is CC1CN(C)CCC1(F)Cc1ccc(Cl)c(Cl)c1. The summed E-state index contributed by atoms with van der Waals surface area (Å²) in [4.78, 5) is 2.18. The molecule has 0 amide bonds. The first-order chi connectivity index (χ1) is 8.40. The van der Waals surface area contributed by atoms with Crippen LogP contribution in [-0.4, -0.2) is 30.7 Å². The van der Waals surface area contributed by atoms with Crippen LogP contribution in [0.15, 0.2) is 18.2 Å². The van der Waals surface area contributed by atoms with Crippen LogP contribution in [0.25, 0.3) is 0 Å². The summed E-state index contributed by atoms with van der Waals surface area (Å²) >= 11 is 11.8. The lowest BCUT2D eigenvalue weighted by Gasteiger charge is -2.40. The standard InChI is InChI=1S/C14H18Cl2FN/c1-10-9-18(2)6-5-14(10,17)8-11-3-4-12(15)13(16)7-11/h3-4,7,10H,5-6,8-9H2,1-2H3. The van der Waals surface area contributed by atoms with E-state index in [0.29, 0.717) is 22.9 Å². The summed E-state index contributed by atoms with van der Waals surface area (Å²) < 4.78 is 15.0. The third kappa shape index (κ3) is 2.98. The van der Waals surface area contributed by atoms with Crippen LogP contribution in [0.3, 0.4) is 0 Å². The quantitative estimate of drug-likeness (QED) is 0.788. The highest BCUT2D eigenvalue weighted by Gasteiger charge is 2.40. The summed E-state index contributed by atoms with van der Waals surface area (Å²) in [7, 11) is 2.04. The van der Waals surface area contributed by atoms with E-state index in [0.717, 1.165) is 18.7 Å². The van der Waals surface area contributed by atoms with Gasteiger partial charge in [-0.1, -0.05) is 36.2 Å². The zero-order valence-corrected chi connectivity index (χ0v) is 12.2. The van der Waals surface area contributed by atoms with Crippen molar-refractivity contribution in [1.82, 2.24) is 4.90 Å². The van der Waals surface area contributed by atoms with Crippen molar-refractivity contribution in [2.45, 2.75) is 25.4 Å². The van der Waals surface area contributed by atoms with Gasteiger partial charge in [-0.25, -0.2) is 4.39 Å². The van der Waals surface area contributed by atoms with Crippen LogP contribution in [0.1, 0.15) is 18.9 Å². The smallest absolute Gasteiger partial charge is 0.120 e. The molecule has 18 heavy (non-hydrogen) atoms.